The zero-order valence-corrected chi connectivity index (χ0v) is 12.2. The third kappa shape index (κ3) is 3.95. The number of carboxylic acid groups (broad SMARTS) is 1. The fraction of sp³-hybridized carbons (Fsp3) is 0.467. The van der Waals surface area contributed by atoms with Gasteiger partial charge < -0.3 is 19.5 Å². The Hall–Kier alpha value is -2.08. The number of rotatable bonds is 4. The summed E-state index contributed by atoms with van der Waals surface area (Å²) < 4.78 is 10.9. The summed E-state index contributed by atoms with van der Waals surface area (Å²) in [6.45, 7) is 5.31. The Kier molecular flexibility index (Phi) is 4.80. The second kappa shape index (κ2) is 6.58. The molecule has 1 saturated heterocycles. The second-order valence-electron chi connectivity index (χ2n) is 5.10. The molecule has 1 amide bonds. The van der Waals surface area contributed by atoms with Gasteiger partial charge >= 0.3 is 5.97 Å². The van der Waals surface area contributed by atoms with Gasteiger partial charge in [0.2, 0.25) is 0 Å². The number of aryl methyl sites for hydroxylation is 1. The monoisotopic (exact) mass is 293 g/mol. The van der Waals surface area contributed by atoms with Gasteiger partial charge in [-0.2, -0.15) is 0 Å². The molecule has 2 rings (SSSR count). The van der Waals surface area contributed by atoms with E-state index < -0.39 is 5.97 Å². The lowest BCUT2D eigenvalue weighted by Gasteiger charge is -2.31. The average molecular weight is 293 g/mol. The number of hydrogen-bond acceptors (Lipinski definition) is 4. The standard InChI is InChI=1S/C15H19NO5/c1-10-7-12(15(18)19)3-4-13(10)21-9-14(17)16-5-6-20-11(2)8-16/h3-4,7,11H,5-6,8-9H2,1-2H3,(H,18,19). The third-order valence-corrected chi connectivity index (χ3v) is 3.37. The van der Waals surface area contributed by atoms with Gasteiger partial charge in [-0.1, -0.05) is 0 Å². The summed E-state index contributed by atoms with van der Waals surface area (Å²) in [5, 5.41) is 8.90. The minimum absolute atomic E-state index is 0.0410. The van der Waals surface area contributed by atoms with E-state index in [1.54, 1.807) is 17.9 Å². The minimum atomic E-state index is -0.983. The van der Waals surface area contributed by atoms with E-state index in [0.29, 0.717) is 31.0 Å². The molecular formula is C15H19NO5. The van der Waals surface area contributed by atoms with Gasteiger partial charge in [0.15, 0.2) is 6.61 Å². The van der Waals surface area contributed by atoms with Crippen molar-refractivity contribution in [2.24, 2.45) is 0 Å². The van der Waals surface area contributed by atoms with Crippen LogP contribution in [-0.2, 0) is 9.53 Å². The Morgan fingerprint density at radius 1 is 1.48 bits per heavy atom. The van der Waals surface area contributed by atoms with E-state index in [0.717, 1.165) is 0 Å². The topological polar surface area (TPSA) is 76.1 Å². The Bertz CT molecular complexity index is 543. The molecule has 0 spiro atoms. The van der Waals surface area contributed by atoms with Crippen LogP contribution in [0.5, 0.6) is 5.75 Å². The summed E-state index contributed by atoms with van der Waals surface area (Å²) in [5.74, 6) is -0.551. The smallest absolute Gasteiger partial charge is 0.335 e. The molecule has 1 aromatic carbocycles. The Morgan fingerprint density at radius 2 is 2.24 bits per heavy atom. The molecule has 1 aliphatic rings. The summed E-state index contributed by atoms with van der Waals surface area (Å²) in [6.07, 6.45) is 0.0410. The summed E-state index contributed by atoms with van der Waals surface area (Å²) in [5.41, 5.74) is 0.895. The van der Waals surface area contributed by atoms with Crippen LogP contribution in [0.1, 0.15) is 22.8 Å². The Balaban J connectivity index is 1.93. The normalized spacial score (nSPS) is 18.4. The summed E-state index contributed by atoms with van der Waals surface area (Å²) in [4.78, 5) is 24.6. The molecule has 0 saturated carbocycles. The third-order valence-electron chi connectivity index (χ3n) is 3.37. The summed E-state index contributed by atoms with van der Waals surface area (Å²) in [7, 11) is 0. The van der Waals surface area contributed by atoms with Gasteiger partial charge in [-0.25, -0.2) is 4.79 Å². The van der Waals surface area contributed by atoms with Crippen molar-refractivity contribution < 1.29 is 24.2 Å². The van der Waals surface area contributed by atoms with Gasteiger partial charge in [0.25, 0.3) is 5.91 Å². The van der Waals surface area contributed by atoms with E-state index in [9.17, 15) is 9.59 Å². The van der Waals surface area contributed by atoms with Gasteiger partial charge in [-0.15, -0.1) is 0 Å². The molecule has 1 atom stereocenters. The van der Waals surface area contributed by atoms with Gasteiger partial charge in [0.1, 0.15) is 5.75 Å². The van der Waals surface area contributed by atoms with Crippen molar-refractivity contribution in [3.8, 4) is 5.75 Å². The number of carboxylic acids is 1. The molecule has 114 valence electrons. The average Bonchev–Trinajstić information content (AvgIpc) is 2.45. The molecule has 0 radical (unpaired) electrons. The number of nitrogens with zero attached hydrogens (tertiary/aromatic N) is 1. The first-order valence-electron chi connectivity index (χ1n) is 6.83. The van der Waals surface area contributed by atoms with Crippen molar-refractivity contribution in [3.05, 3.63) is 29.3 Å². The number of amides is 1. The molecule has 1 N–H and O–H groups in total. The number of carbonyl (C=O) groups excluding carboxylic acids is 1. The van der Waals surface area contributed by atoms with E-state index in [-0.39, 0.29) is 24.2 Å². The van der Waals surface area contributed by atoms with Crippen molar-refractivity contribution in [3.63, 3.8) is 0 Å². The van der Waals surface area contributed by atoms with Crippen LogP contribution in [0.4, 0.5) is 0 Å². The van der Waals surface area contributed by atoms with Crippen LogP contribution < -0.4 is 4.74 Å². The van der Waals surface area contributed by atoms with E-state index in [1.807, 2.05) is 6.92 Å². The van der Waals surface area contributed by atoms with E-state index in [4.69, 9.17) is 14.6 Å². The van der Waals surface area contributed by atoms with Crippen LogP contribution in [0.3, 0.4) is 0 Å². The quantitative estimate of drug-likeness (QED) is 0.906. The van der Waals surface area contributed by atoms with Gasteiger partial charge in [-0.05, 0) is 37.6 Å². The lowest BCUT2D eigenvalue weighted by Crippen LogP contribution is -2.46. The van der Waals surface area contributed by atoms with E-state index >= 15 is 0 Å². The van der Waals surface area contributed by atoms with Gasteiger partial charge in [0, 0.05) is 13.1 Å². The Morgan fingerprint density at radius 3 is 2.86 bits per heavy atom. The van der Waals surface area contributed by atoms with E-state index in [1.165, 1.54) is 12.1 Å². The van der Waals surface area contributed by atoms with Crippen LogP contribution in [0.25, 0.3) is 0 Å². The number of aromatic carboxylic acids is 1. The number of carbonyl (C=O) groups is 2. The first kappa shape index (κ1) is 15.3. The minimum Gasteiger partial charge on any atom is -0.483 e. The van der Waals surface area contributed by atoms with Crippen LogP contribution in [-0.4, -0.2) is 54.3 Å². The maximum Gasteiger partial charge on any atom is 0.335 e. The van der Waals surface area contributed by atoms with Gasteiger partial charge in [-0.3, -0.25) is 4.79 Å². The molecular weight excluding hydrogens is 274 g/mol. The molecule has 0 aromatic heterocycles. The van der Waals surface area contributed by atoms with Crippen molar-refractivity contribution in [1.82, 2.24) is 4.90 Å². The van der Waals surface area contributed by atoms with Crippen molar-refractivity contribution >= 4 is 11.9 Å². The van der Waals surface area contributed by atoms with Gasteiger partial charge in [0.05, 0.1) is 18.3 Å². The first-order valence-corrected chi connectivity index (χ1v) is 6.83. The lowest BCUT2D eigenvalue weighted by molar-refractivity contribution is -0.140. The number of morpholine rings is 1. The fourth-order valence-corrected chi connectivity index (χ4v) is 2.22. The van der Waals surface area contributed by atoms with Crippen molar-refractivity contribution in [2.75, 3.05) is 26.3 Å². The molecule has 6 nitrogen and oxygen atoms in total. The predicted molar refractivity (Wildman–Crippen MR) is 75.6 cm³/mol. The molecule has 0 bridgehead atoms. The number of hydrogen-bond donors (Lipinski definition) is 1. The largest absolute Gasteiger partial charge is 0.483 e. The van der Waals surface area contributed by atoms with Crippen LogP contribution >= 0.6 is 0 Å². The van der Waals surface area contributed by atoms with Crippen molar-refractivity contribution in [1.29, 1.82) is 0 Å². The Labute approximate surface area is 123 Å². The summed E-state index contributed by atoms with van der Waals surface area (Å²) in [6, 6.07) is 4.57. The highest BCUT2D eigenvalue weighted by molar-refractivity contribution is 5.88. The first-order chi connectivity index (χ1) is 9.97. The molecule has 1 aliphatic heterocycles. The molecule has 0 aliphatic carbocycles. The second-order valence-corrected chi connectivity index (χ2v) is 5.10. The highest BCUT2D eigenvalue weighted by Crippen LogP contribution is 2.19. The molecule has 1 aromatic rings. The fourth-order valence-electron chi connectivity index (χ4n) is 2.22. The molecule has 1 fully saturated rings. The van der Waals surface area contributed by atoms with E-state index in [2.05, 4.69) is 0 Å². The molecule has 21 heavy (non-hydrogen) atoms. The molecule has 1 unspecified atom stereocenters. The van der Waals surface area contributed by atoms with Crippen LogP contribution in [0, 0.1) is 6.92 Å². The molecule has 1 heterocycles. The number of benzene rings is 1. The molecule has 6 heteroatoms. The maximum absolute atomic E-state index is 12.1. The SMILES string of the molecule is Cc1cc(C(=O)O)ccc1OCC(=O)N1CCOC(C)C1. The van der Waals surface area contributed by atoms with Crippen LogP contribution in [0.2, 0.25) is 0 Å². The number of ether oxygens (including phenoxy) is 2. The highest BCUT2D eigenvalue weighted by atomic mass is 16.5. The maximum atomic E-state index is 12.1. The van der Waals surface area contributed by atoms with Crippen molar-refractivity contribution in [2.45, 2.75) is 20.0 Å². The lowest BCUT2D eigenvalue weighted by atomic mass is 10.1. The predicted octanol–water partition coefficient (Wildman–Crippen LogP) is 1.32. The zero-order valence-electron chi connectivity index (χ0n) is 12.2. The summed E-state index contributed by atoms with van der Waals surface area (Å²) >= 11 is 0. The highest BCUT2D eigenvalue weighted by Gasteiger charge is 2.21. The van der Waals surface area contributed by atoms with Crippen LogP contribution in [0.15, 0.2) is 18.2 Å². The zero-order chi connectivity index (χ0) is 15.4.